The summed E-state index contributed by atoms with van der Waals surface area (Å²) >= 11 is 11.9. The Morgan fingerprint density at radius 1 is 1.11 bits per heavy atom. The van der Waals surface area contributed by atoms with Crippen LogP contribution in [0.4, 0.5) is 5.69 Å². The summed E-state index contributed by atoms with van der Waals surface area (Å²) in [5.41, 5.74) is 3.52. The summed E-state index contributed by atoms with van der Waals surface area (Å²) in [7, 11) is -3.69. The summed E-state index contributed by atoms with van der Waals surface area (Å²) in [5, 5.41) is 3.46. The van der Waals surface area contributed by atoms with Crippen LogP contribution in [0.2, 0.25) is 10.0 Å². The molecular weight excluding hydrogens is 419 g/mol. The molecule has 152 valence electrons. The number of aryl methyl sites for hydroxylation is 2. The molecule has 2 rings (SSSR count). The van der Waals surface area contributed by atoms with Gasteiger partial charge in [-0.1, -0.05) is 53.9 Å². The van der Waals surface area contributed by atoms with Crippen molar-refractivity contribution in [3.63, 3.8) is 0 Å². The molecule has 0 aromatic heterocycles. The maximum atomic E-state index is 12.7. The first-order valence-electron chi connectivity index (χ1n) is 8.82. The van der Waals surface area contributed by atoms with Crippen LogP contribution in [0.1, 0.15) is 36.1 Å². The first kappa shape index (κ1) is 22.5. The Morgan fingerprint density at radius 2 is 1.79 bits per heavy atom. The number of carbonyl (C=O) groups excluding carboxylic acids is 1. The zero-order valence-electron chi connectivity index (χ0n) is 16.3. The van der Waals surface area contributed by atoms with Crippen molar-refractivity contribution < 1.29 is 13.2 Å². The van der Waals surface area contributed by atoms with Gasteiger partial charge < -0.3 is 5.32 Å². The number of amides is 1. The molecule has 0 aliphatic heterocycles. The van der Waals surface area contributed by atoms with Gasteiger partial charge in [0.25, 0.3) is 0 Å². The molecular formula is C20H24Cl2N2O3S. The van der Waals surface area contributed by atoms with Crippen molar-refractivity contribution in [1.82, 2.24) is 5.32 Å². The fourth-order valence-corrected chi connectivity index (χ4v) is 4.17. The van der Waals surface area contributed by atoms with Gasteiger partial charge in [-0.05, 0) is 49.6 Å². The van der Waals surface area contributed by atoms with Crippen molar-refractivity contribution in [2.45, 2.75) is 33.2 Å². The van der Waals surface area contributed by atoms with Crippen molar-refractivity contribution in [3.8, 4) is 0 Å². The van der Waals surface area contributed by atoms with Crippen LogP contribution in [-0.2, 0) is 14.8 Å². The second-order valence-electron chi connectivity index (χ2n) is 6.76. The molecule has 5 nitrogen and oxygen atoms in total. The van der Waals surface area contributed by atoms with Crippen LogP contribution < -0.4 is 9.62 Å². The number of rotatable bonds is 7. The number of halogens is 2. The van der Waals surface area contributed by atoms with Crippen molar-refractivity contribution >= 4 is 44.8 Å². The van der Waals surface area contributed by atoms with Gasteiger partial charge in [-0.3, -0.25) is 9.10 Å². The number of nitrogens with one attached hydrogen (secondary N) is 1. The van der Waals surface area contributed by atoms with Crippen LogP contribution >= 0.6 is 23.2 Å². The fourth-order valence-electron chi connectivity index (χ4n) is 3.03. The van der Waals surface area contributed by atoms with Gasteiger partial charge in [-0.15, -0.1) is 0 Å². The van der Waals surface area contributed by atoms with Gasteiger partial charge in [0.05, 0.1) is 28.0 Å². The normalized spacial score (nSPS) is 12.5. The molecule has 0 heterocycles. The second-order valence-corrected chi connectivity index (χ2v) is 9.48. The molecule has 0 saturated heterocycles. The van der Waals surface area contributed by atoms with E-state index in [4.69, 9.17) is 23.2 Å². The molecule has 0 radical (unpaired) electrons. The molecule has 1 atom stereocenters. The molecule has 8 heteroatoms. The van der Waals surface area contributed by atoms with Crippen molar-refractivity contribution in [2.24, 2.45) is 0 Å². The molecule has 0 saturated carbocycles. The predicted octanol–water partition coefficient (Wildman–Crippen LogP) is 4.64. The molecule has 1 N–H and O–H groups in total. The SMILES string of the molecule is CC[C@H](NC(=O)CN(c1ccc(Cl)c(Cl)c1)S(C)(=O)=O)c1ccc(C)cc1C. The van der Waals surface area contributed by atoms with Crippen LogP contribution in [0, 0.1) is 13.8 Å². The number of hydrogen-bond acceptors (Lipinski definition) is 3. The highest BCUT2D eigenvalue weighted by Crippen LogP contribution is 2.28. The summed E-state index contributed by atoms with van der Waals surface area (Å²) in [4.78, 5) is 12.7. The Hall–Kier alpha value is -1.76. The molecule has 0 bridgehead atoms. The zero-order chi connectivity index (χ0) is 21.1. The lowest BCUT2D eigenvalue weighted by atomic mass is 9.97. The van der Waals surface area contributed by atoms with Crippen molar-refractivity contribution in [3.05, 3.63) is 63.1 Å². The van der Waals surface area contributed by atoms with Crippen LogP contribution in [0.3, 0.4) is 0 Å². The Balaban J connectivity index is 2.24. The molecule has 0 aliphatic rings. The van der Waals surface area contributed by atoms with Gasteiger partial charge in [-0.25, -0.2) is 8.42 Å². The largest absolute Gasteiger partial charge is 0.348 e. The third kappa shape index (κ3) is 5.63. The number of anilines is 1. The lowest BCUT2D eigenvalue weighted by Crippen LogP contribution is -2.41. The highest BCUT2D eigenvalue weighted by atomic mass is 35.5. The van der Waals surface area contributed by atoms with Gasteiger partial charge in [-0.2, -0.15) is 0 Å². The third-order valence-electron chi connectivity index (χ3n) is 4.42. The third-order valence-corrected chi connectivity index (χ3v) is 6.30. The molecule has 2 aromatic carbocycles. The Morgan fingerprint density at radius 3 is 2.32 bits per heavy atom. The molecule has 0 unspecified atom stereocenters. The molecule has 0 aliphatic carbocycles. The smallest absolute Gasteiger partial charge is 0.241 e. The number of benzene rings is 2. The van der Waals surface area contributed by atoms with E-state index in [1.165, 1.54) is 18.2 Å². The first-order valence-corrected chi connectivity index (χ1v) is 11.4. The van der Waals surface area contributed by atoms with Crippen molar-refractivity contribution in [1.29, 1.82) is 0 Å². The lowest BCUT2D eigenvalue weighted by Gasteiger charge is -2.25. The van der Waals surface area contributed by atoms with Crippen LogP contribution in [-0.4, -0.2) is 27.1 Å². The van der Waals surface area contributed by atoms with Crippen LogP contribution in [0.5, 0.6) is 0 Å². The van der Waals surface area contributed by atoms with Gasteiger partial charge in [0.1, 0.15) is 6.54 Å². The quantitative estimate of drug-likeness (QED) is 0.678. The van der Waals surface area contributed by atoms with Crippen LogP contribution in [0.15, 0.2) is 36.4 Å². The minimum atomic E-state index is -3.69. The van der Waals surface area contributed by atoms with E-state index in [1.807, 2.05) is 32.9 Å². The summed E-state index contributed by atoms with van der Waals surface area (Å²) < 4.78 is 25.5. The minimum absolute atomic E-state index is 0.205. The number of carbonyl (C=O) groups is 1. The standard InChI is InChI=1S/C20H24Cl2N2O3S/c1-5-19(16-8-6-13(2)10-14(16)3)23-20(25)12-24(28(4,26)27)15-7-9-17(21)18(22)11-15/h6-11,19H,5,12H2,1-4H3,(H,23,25)/t19-/m0/s1. The highest BCUT2D eigenvalue weighted by Gasteiger charge is 2.23. The van der Waals surface area contributed by atoms with Gasteiger partial charge in [0.15, 0.2) is 0 Å². The summed E-state index contributed by atoms with van der Waals surface area (Å²) in [6.45, 7) is 5.63. The number of sulfonamides is 1. The average molecular weight is 443 g/mol. The molecule has 2 aromatic rings. The lowest BCUT2D eigenvalue weighted by molar-refractivity contribution is -0.120. The molecule has 0 spiro atoms. The van der Waals surface area contributed by atoms with E-state index >= 15 is 0 Å². The second kappa shape index (κ2) is 9.16. The highest BCUT2D eigenvalue weighted by molar-refractivity contribution is 7.92. The topological polar surface area (TPSA) is 66.5 Å². The first-order chi connectivity index (χ1) is 13.0. The van der Waals surface area contributed by atoms with E-state index in [2.05, 4.69) is 11.4 Å². The number of nitrogens with zero attached hydrogens (tertiary/aromatic N) is 1. The van der Waals surface area contributed by atoms with Crippen LogP contribution in [0.25, 0.3) is 0 Å². The maximum absolute atomic E-state index is 12.7. The zero-order valence-corrected chi connectivity index (χ0v) is 18.6. The number of hydrogen-bond donors (Lipinski definition) is 1. The van der Waals surface area contributed by atoms with Gasteiger partial charge >= 0.3 is 0 Å². The Bertz CT molecular complexity index is 977. The minimum Gasteiger partial charge on any atom is -0.348 e. The monoisotopic (exact) mass is 442 g/mol. The fraction of sp³-hybridized carbons (Fsp3) is 0.350. The summed E-state index contributed by atoms with van der Waals surface area (Å²) in [6, 6.07) is 10.3. The molecule has 0 fully saturated rings. The van der Waals surface area contributed by atoms with E-state index in [1.54, 1.807) is 0 Å². The molecule has 28 heavy (non-hydrogen) atoms. The summed E-state index contributed by atoms with van der Waals surface area (Å²) in [5.74, 6) is -0.400. The van der Waals surface area contributed by atoms with E-state index in [9.17, 15) is 13.2 Å². The van der Waals surface area contributed by atoms with E-state index in [0.717, 1.165) is 27.3 Å². The van der Waals surface area contributed by atoms with Crippen molar-refractivity contribution in [2.75, 3.05) is 17.1 Å². The average Bonchev–Trinajstić information content (AvgIpc) is 2.59. The van der Waals surface area contributed by atoms with E-state index < -0.39 is 15.9 Å². The summed E-state index contributed by atoms with van der Waals surface area (Å²) in [6.07, 6.45) is 1.73. The van der Waals surface area contributed by atoms with E-state index in [-0.39, 0.29) is 23.3 Å². The van der Waals surface area contributed by atoms with Gasteiger partial charge in [0.2, 0.25) is 15.9 Å². The van der Waals surface area contributed by atoms with Gasteiger partial charge in [0, 0.05) is 0 Å². The maximum Gasteiger partial charge on any atom is 0.241 e. The predicted molar refractivity (Wildman–Crippen MR) is 116 cm³/mol. The Labute approximate surface area is 176 Å². The van der Waals surface area contributed by atoms with E-state index in [0.29, 0.717) is 11.4 Å². The Kier molecular flexibility index (Phi) is 7.37. The molecule has 1 amide bonds.